The Kier molecular flexibility index (Phi) is 3.26. The van der Waals surface area contributed by atoms with Crippen molar-refractivity contribution in [2.75, 3.05) is 7.05 Å². The standard InChI is InChI=1S/C8H16N2O/c1-5-6(9)7(10-4)8(2,3)11/h5,11H,9H2,1-4H3/b6-5+,10-7?. The van der Waals surface area contributed by atoms with Crippen LogP contribution in [-0.2, 0) is 0 Å². The second kappa shape index (κ2) is 3.53. The van der Waals surface area contributed by atoms with Gasteiger partial charge in [0.05, 0.1) is 11.4 Å². The van der Waals surface area contributed by atoms with E-state index < -0.39 is 5.60 Å². The predicted molar refractivity (Wildman–Crippen MR) is 47.6 cm³/mol. The van der Waals surface area contributed by atoms with Crippen LogP contribution in [0.2, 0.25) is 0 Å². The Morgan fingerprint density at radius 3 is 2.09 bits per heavy atom. The summed E-state index contributed by atoms with van der Waals surface area (Å²) < 4.78 is 0. The average Bonchev–Trinajstić information content (AvgIpc) is 1.86. The second-order valence-electron chi connectivity index (χ2n) is 2.88. The van der Waals surface area contributed by atoms with Gasteiger partial charge >= 0.3 is 0 Å². The number of hydrogen-bond acceptors (Lipinski definition) is 3. The highest BCUT2D eigenvalue weighted by molar-refractivity contribution is 6.04. The molecule has 0 aromatic heterocycles. The number of allylic oxidation sites excluding steroid dienone is 1. The summed E-state index contributed by atoms with van der Waals surface area (Å²) in [5.74, 6) is 0. The van der Waals surface area contributed by atoms with Crippen LogP contribution in [0.4, 0.5) is 0 Å². The van der Waals surface area contributed by atoms with E-state index in [-0.39, 0.29) is 0 Å². The fourth-order valence-corrected chi connectivity index (χ4v) is 0.893. The molecule has 3 heteroatoms. The van der Waals surface area contributed by atoms with E-state index in [2.05, 4.69) is 4.99 Å². The van der Waals surface area contributed by atoms with Gasteiger partial charge in [-0.2, -0.15) is 0 Å². The van der Waals surface area contributed by atoms with Crippen molar-refractivity contribution in [1.29, 1.82) is 0 Å². The summed E-state index contributed by atoms with van der Waals surface area (Å²) in [6, 6.07) is 0. The van der Waals surface area contributed by atoms with Crippen molar-refractivity contribution < 1.29 is 5.11 Å². The Balaban J connectivity index is 4.73. The quantitative estimate of drug-likeness (QED) is 0.578. The molecule has 0 saturated heterocycles. The van der Waals surface area contributed by atoms with E-state index in [1.54, 1.807) is 27.0 Å². The maximum atomic E-state index is 9.53. The lowest BCUT2D eigenvalue weighted by Gasteiger charge is -2.19. The van der Waals surface area contributed by atoms with Crippen LogP contribution >= 0.6 is 0 Å². The number of rotatable bonds is 2. The Bertz CT molecular complexity index is 187. The minimum atomic E-state index is -0.953. The van der Waals surface area contributed by atoms with Crippen LogP contribution in [-0.4, -0.2) is 23.5 Å². The van der Waals surface area contributed by atoms with Gasteiger partial charge in [0.2, 0.25) is 0 Å². The Morgan fingerprint density at radius 1 is 1.55 bits per heavy atom. The van der Waals surface area contributed by atoms with Gasteiger partial charge < -0.3 is 10.8 Å². The number of nitrogens with two attached hydrogens (primary N) is 1. The molecule has 11 heavy (non-hydrogen) atoms. The summed E-state index contributed by atoms with van der Waals surface area (Å²) in [5, 5.41) is 9.53. The SMILES string of the molecule is C/C=C(/N)C(=NC)C(C)(C)O. The fraction of sp³-hybridized carbons (Fsp3) is 0.625. The molecule has 0 bridgehead atoms. The molecule has 0 unspecified atom stereocenters. The molecule has 0 aliphatic rings. The second-order valence-corrected chi connectivity index (χ2v) is 2.88. The highest BCUT2D eigenvalue weighted by Gasteiger charge is 2.21. The first kappa shape index (κ1) is 10.2. The van der Waals surface area contributed by atoms with Crippen LogP contribution in [0.3, 0.4) is 0 Å². The molecule has 3 N–H and O–H groups in total. The molecular formula is C8H16N2O. The van der Waals surface area contributed by atoms with E-state index in [1.165, 1.54) is 0 Å². The molecule has 0 aliphatic carbocycles. The highest BCUT2D eigenvalue weighted by atomic mass is 16.3. The minimum Gasteiger partial charge on any atom is -0.397 e. The molecule has 0 spiro atoms. The van der Waals surface area contributed by atoms with Gasteiger partial charge in [-0.05, 0) is 20.8 Å². The van der Waals surface area contributed by atoms with E-state index in [4.69, 9.17) is 5.73 Å². The lowest BCUT2D eigenvalue weighted by Crippen LogP contribution is -2.35. The zero-order valence-electron chi connectivity index (χ0n) is 7.55. The summed E-state index contributed by atoms with van der Waals surface area (Å²) in [7, 11) is 1.61. The molecule has 0 atom stereocenters. The third-order valence-corrected chi connectivity index (χ3v) is 1.39. The van der Waals surface area contributed by atoms with Gasteiger partial charge in [-0.25, -0.2) is 0 Å². The number of hydrogen-bond donors (Lipinski definition) is 2. The van der Waals surface area contributed by atoms with Crippen LogP contribution in [0, 0.1) is 0 Å². The molecule has 3 nitrogen and oxygen atoms in total. The Hall–Kier alpha value is -0.830. The summed E-state index contributed by atoms with van der Waals surface area (Å²) in [6.07, 6.45) is 1.72. The van der Waals surface area contributed by atoms with Crippen molar-refractivity contribution in [2.45, 2.75) is 26.4 Å². The van der Waals surface area contributed by atoms with Crippen LogP contribution in [0.25, 0.3) is 0 Å². The molecule has 0 heterocycles. The number of aliphatic hydroxyl groups is 1. The maximum Gasteiger partial charge on any atom is 0.103 e. The molecule has 0 saturated carbocycles. The van der Waals surface area contributed by atoms with Gasteiger partial charge in [0, 0.05) is 7.05 Å². The predicted octanol–water partition coefficient (Wildman–Crippen LogP) is 0.691. The molecule has 0 radical (unpaired) electrons. The van der Waals surface area contributed by atoms with Crippen LogP contribution < -0.4 is 5.73 Å². The number of aliphatic imine (C=N–C) groups is 1. The van der Waals surface area contributed by atoms with Gasteiger partial charge in [-0.15, -0.1) is 0 Å². The van der Waals surface area contributed by atoms with Crippen LogP contribution in [0.5, 0.6) is 0 Å². The Morgan fingerprint density at radius 2 is 2.00 bits per heavy atom. The molecule has 0 aliphatic heterocycles. The van der Waals surface area contributed by atoms with E-state index in [0.29, 0.717) is 11.4 Å². The summed E-state index contributed by atoms with van der Waals surface area (Å²) in [5.41, 5.74) is 5.69. The van der Waals surface area contributed by atoms with Gasteiger partial charge in [0.1, 0.15) is 5.60 Å². The van der Waals surface area contributed by atoms with Crippen molar-refractivity contribution in [3.05, 3.63) is 11.8 Å². The van der Waals surface area contributed by atoms with Gasteiger partial charge in [-0.3, -0.25) is 4.99 Å². The van der Waals surface area contributed by atoms with Crippen molar-refractivity contribution in [1.82, 2.24) is 0 Å². The van der Waals surface area contributed by atoms with E-state index >= 15 is 0 Å². The highest BCUT2D eigenvalue weighted by Crippen LogP contribution is 2.08. The average molecular weight is 156 g/mol. The lowest BCUT2D eigenvalue weighted by atomic mass is 10.00. The van der Waals surface area contributed by atoms with Crippen LogP contribution in [0.15, 0.2) is 16.8 Å². The van der Waals surface area contributed by atoms with Crippen molar-refractivity contribution >= 4 is 5.71 Å². The minimum absolute atomic E-state index is 0.528. The number of nitrogens with zero attached hydrogens (tertiary/aromatic N) is 1. The Labute approximate surface area is 67.6 Å². The summed E-state index contributed by atoms with van der Waals surface area (Å²) in [6.45, 7) is 5.13. The van der Waals surface area contributed by atoms with Gasteiger partial charge in [-0.1, -0.05) is 6.08 Å². The molecule has 64 valence electrons. The normalized spacial score (nSPS) is 15.4. The maximum absolute atomic E-state index is 9.53. The third kappa shape index (κ3) is 2.72. The van der Waals surface area contributed by atoms with Gasteiger partial charge in [0.15, 0.2) is 0 Å². The first-order valence-corrected chi connectivity index (χ1v) is 3.55. The molecule has 0 fully saturated rings. The monoisotopic (exact) mass is 156 g/mol. The van der Waals surface area contributed by atoms with Crippen molar-refractivity contribution in [3.63, 3.8) is 0 Å². The zero-order valence-corrected chi connectivity index (χ0v) is 7.55. The van der Waals surface area contributed by atoms with Crippen molar-refractivity contribution in [2.24, 2.45) is 10.7 Å². The van der Waals surface area contributed by atoms with E-state index in [0.717, 1.165) is 0 Å². The van der Waals surface area contributed by atoms with Gasteiger partial charge in [0.25, 0.3) is 0 Å². The molecule has 0 aromatic rings. The molecular weight excluding hydrogens is 140 g/mol. The first-order chi connectivity index (χ1) is 4.93. The fourth-order valence-electron chi connectivity index (χ4n) is 0.893. The molecule has 0 amide bonds. The van der Waals surface area contributed by atoms with Crippen LogP contribution in [0.1, 0.15) is 20.8 Å². The smallest absolute Gasteiger partial charge is 0.103 e. The first-order valence-electron chi connectivity index (χ1n) is 3.55. The van der Waals surface area contributed by atoms with E-state index in [1.807, 2.05) is 6.92 Å². The third-order valence-electron chi connectivity index (χ3n) is 1.39. The largest absolute Gasteiger partial charge is 0.397 e. The molecule has 0 rings (SSSR count). The van der Waals surface area contributed by atoms with Crippen molar-refractivity contribution in [3.8, 4) is 0 Å². The topological polar surface area (TPSA) is 58.6 Å². The lowest BCUT2D eigenvalue weighted by molar-refractivity contribution is 0.154. The zero-order chi connectivity index (χ0) is 9.07. The summed E-state index contributed by atoms with van der Waals surface area (Å²) >= 11 is 0. The molecule has 0 aromatic carbocycles. The van der Waals surface area contributed by atoms with E-state index in [9.17, 15) is 5.11 Å². The summed E-state index contributed by atoms with van der Waals surface area (Å²) in [4.78, 5) is 3.90.